The molecule has 1 saturated heterocycles. The predicted molar refractivity (Wildman–Crippen MR) is 113 cm³/mol. The largest absolute Gasteiger partial charge is 0.416 e. The molecule has 2 aromatic rings. The molecular formula is C21H21ClF4N2O3S. The van der Waals surface area contributed by atoms with Gasteiger partial charge < -0.3 is 5.32 Å². The van der Waals surface area contributed by atoms with Gasteiger partial charge in [-0.2, -0.15) is 17.5 Å². The Morgan fingerprint density at radius 2 is 1.72 bits per heavy atom. The zero-order chi connectivity index (χ0) is 23.8. The average Bonchev–Trinajstić information content (AvgIpc) is 2.68. The van der Waals surface area contributed by atoms with E-state index in [4.69, 9.17) is 11.6 Å². The average molecular weight is 493 g/mol. The number of sulfonamides is 1. The quantitative estimate of drug-likeness (QED) is 0.580. The van der Waals surface area contributed by atoms with Gasteiger partial charge >= 0.3 is 6.18 Å². The summed E-state index contributed by atoms with van der Waals surface area (Å²) in [5.41, 5.74) is -2.06. The number of alkyl halides is 3. The van der Waals surface area contributed by atoms with Gasteiger partial charge in [-0.15, -0.1) is 0 Å². The lowest BCUT2D eigenvalue weighted by Crippen LogP contribution is -2.42. The highest BCUT2D eigenvalue weighted by Gasteiger charge is 2.33. The molecule has 0 bridgehead atoms. The number of carbonyl (C=O) groups excluding carboxylic acids is 1. The Morgan fingerprint density at radius 3 is 2.31 bits per heavy atom. The molecule has 174 valence electrons. The minimum absolute atomic E-state index is 0.139. The molecule has 1 amide bonds. The van der Waals surface area contributed by atoms with Crippen molar-refractivity contribution in [3.05, 3.63) is 58.4 Å². The summed E-state index contributed by atoms with van der Waals surface area (Å²) >= 11 is 5.87. The van der Waals surface area contributed by atoms with Gasteiger partial charge in [0.25, 0.3) is 5.91 Å². The summed E-state index contributed by atoms with van der Waals surface area (Å²) in [6.07, 6.45) is -3.80. The van der Waals surface area contributed by atoms with E-state index >= 15 is 0 Å². The van der Waals surface area contributed by atoms with Crippen LogP contribution in [0.5, 0.6) is 0 Å². The molecule has 0 unspecified atom stereocenters. The first kappa shape index (κ1) is 24.5. The molecule has 0 aliphatic carbocycles. The molecule has 1 heterocycles. The standard InChI is InChI=1S/C21H21ClF4N2O3S/c1-12-7-13(2)11-28(10-12)32(30,31)15-4-6-18(23)16(9-15)20(29)27-19-8-14(21(24,25)26)3-5-17(19)22/h3-6,8-9,12-13H,7,10-11H2,1-2H3,(H,27,29)/t12-,13-/m1/s1. The van der Waals surface area contributed by atoms with Crippen LogP contribution >= 0.6 is 11.6 Å². The maximum Gasteiger partial charge on any atom is 0.416 e. The minimum atomic E-state index is -4.67. The molecule has 2 aromatic carbocycles. The lowest BCUT2D eigenvalue weighted by Gasteiger charge is -2.34. The zero-order valence-electron chi connectivity index (χ0n) is 17.2. The maximum absolute atomic E-state index is 14.4. The van der Waals surface area contributed by atoms with Crippen LogP contribution in [-0.2, 0) is 16.2 Å². The number of hydrogen-bond donors (Lipinski definition) is 1. The fourth-order valence-electron chi connectivity index (χ4n) is 3.78. The van der Waals surface area contributed by atoms with Gasteiger partial charge in [0, 0.05) is 13.1 Å². The smallest absolute Gasteiger partial charge is 0.321 e. The summed E-state index contributed by atoms with van der Waals surface area (Å²) in [5.74, 6) is -1.87. The van der Waals surface area contributed by atoms with Crippen molar-refractivity contribution in [1.29, 1.82) is 0 Å². The summed E-state index contributed by atoms with van der Waals surface area (Å²) in [5, 5.41) is 1.94. The van der Waals surface area contributed by atoms with Gasteiger partial charge in [0.05, 0.1) is 26.7 Å². The molecule has 1 aliphatic heterocycles. The Bertz CT molecular complexity index is 1130. The van der Waals surface area contributed by atoms with Crippen LogP contribution in [0.2, 0.25) is 5.02 Å². The van der Waals surface area contributed by atoms with Crippen molar-refractivity contribution in [3.63, 3.8) is 0 Å². The van der Waals surface area contributed by atoms with Crippen LogP contribution in [0, 0.1) is 17.7 Å². The van der Waals surface area contributed by atoms with Crippen LogP contribution in [0.15, 0.2) is 41.3 Å². The van der Waals surface area contributed by atoms with Gasteiger partial charge in [-0.25, -0.2) is 12.8 Å². The van der Waals surface area contributed by atoms with Crippen molar-refractivity contribution >= 4 is 33.2 Å². The normalized spacial score (nSPS) is 20.2. The maximum atomic E-state index is 14.4. The van der Waals surface area contributed by atoms with Crippen LogP contribution in [-0.4, -0.2) is 31.7 Å². The number of rotatable bonds is 4. The van der Waals surface area contributed by atoms with Crippen molar-refractivity contribution in [1.82, 2.24) is 4.31 Å². The molecule has 1 N–H and O–H groups in total. The van der Waals surface area contributed by atoms with E-state index in [1.807, 2.05) is 13.8 Å². The first-order valence-corrected chi connectivity index (χ1v) is 11.6. The second kappa shape index (κ2) is 8.99. The van der Waals surface area contributed by atoms with Gasteiger partial charge in [0.15, 0.2) is 0 Å². The lowest BCUT2D eigenvalue weighted by molar-refractivity contribution is -0.137. The topological polar surface area (TPSA) is 66.5 Å². The Hall–Kier alpha value is -2.17. The Balaban J connectivity index is 1.92. The molecule has 2 atom stereocenters. The van der Waals surface area contributed by atoms with Gasteiger partial charge in [-0.05, 0) is 54.7 Å². The molecule has 5 nitrogen and oxygen atoms in total. The van der Waals surface area contributed by atoms with E-state index in [-0.39, 0.29) is 27.4 Å². The van der Waals surface area contributed by atoms with Gasteiger partial charge in [0.1, 0.15) is 5.82 Å². The van der Waals surface area contributed by atoms with Crippen molar-refractivity contribution in [3.8, 4) is 0 Å². The van der Waals surface area contributed by atoms with Crippen molar-refractivity contribution in [2.24, 2.45) is 11.8 Å². The second-order valence-corrected chi connectivity index (χ2v) is 10.4. The third-order valence-corrected chi connectivity index (χ3v) is 7.35. The number of nitrogens with zero attached hydrogens (tertiary/aromatic N) is 1. The SMILES string of the molecule is C[C@@H]1C[C@@H](C)CN(S(=O)(=O)c2ccc(F)c(C(=O)Nc3cc(C(F)(F)F)ccc3Cl)c2)C1. The molecule has 1 aliphatic rings. The highest BCUT2D eigenvalue weighted by molar-refractivity contribution is 7.89. The Morgan fingerprint density at radius 1 is 1.09 bits per heavy atom. The third kappa shape index (κ3) is 5.24. The van der Waals surface area contributed by atoms with Crippen molar-refractivity contribution in [2.45, 2.75) is 31.3 Å². The summed E-state index contributed by atoms with van der Waals surface area (Å²) in [6, 6.07) is 5.10. The second-order valence-electron chi connectivity index (χ2n) is 8.06. The van der Waals surface area contributed by atoms with Gasteiger partial charge in [-0.3, -0.25) is 4.79 Å². The number of benzene rings is 2. The molecule has 0 saturated carbocycles. The number of nitrogens with one attached hydrogen (secondary N) is 1. The molecular weight excluding hydrogens is 472 g/mol. The van der Waals surface area contributed by atoms with E-state index in [2.05, 4.69) is 5.32 Å². The van der Waals surface area contributed by atoms with Crippen LogP contribution < -0.4 is 5.32 Å². The van der Waals surface area contributed by atoms with Crippen LogP contribution in [0.1, 0.15) is 36.2 Å². The number of hydrogen-bond acceptors (Lipinski definition) is 3. The summed E-state index contributed by atoms with van der Waals surface area (Å²) in [6.45, 7) is 4.46. The molecule has 0 radical (unpaired) electrons. The van der Waals surface area contributed by atoms with Crippen molar-refractivity contribution < 1.29 is 30.8 Å². The van der Waals surface area contributed by atoms with E-state index in [1.54, 1.807) is 0 Å². The summed E-state index contributed by atoms with van der Waals surface area (Å²) in [4.78, 5) is 12.3. The third-order valence-electron chi connectivity index (χ3n) is 5.20. The Labute approximate surface area is 188 Å². The number of halogens is 5. The van der Waals surface area contributed by atoms with Crippen molar-refractivity contribution in [2.75, 3.05) is 18.4 Å². The van der Waals surface area contributed by atoms with Gasteiger partial charge in [-0.1, -0.05) is 25.4 Å². The fourth-order valence-corrected chi connectivity index (χ4v) is 5.65. The summed E-state index contributed by atoms with van der Waals surface area (Å²) in [7, 11) is -4.00. The minimum Gasteiger partial charge on any atom is -0.321 e. The van der Waals surface area contributed by atoms with Crippen LogP contribution in [0.3, 0.4) is 0 Å². The molecule has 11 heteroatoms. The highest BCUT2D eigenvalue weighted by atomic mass is 35.5. The predicted octanol–water partition coefficient (Wildman–Crippen LogP) is 5.42. The monoisotopic (exact) mass is 492 g/mol. The van der Waals surface area contributed by atoms with Gasteiger partial charge in [0.2, 0.25) is 10.0 Å². The van der Waals surface area contributed by atoms with E-state index in [1.165, 1.54) is 4.31 Å². The first-order valence-electron chi connectivity index (χ1n) is 9.77. The number of amides is 1. The highest BCUT2D eigenvalue weighted by Crippen LogP contribution is 2.34. The molecule has 3 rings (SSSR count). The van der Waals surface area contributed by atoms with E-state index in [0.717, 1.165) is 36.8 Å². The first-order chi connectivity index (χ1) is 14.8. The fraction of sp³-hybridized carbons (Fsp3) is 0.381. The number of anilines is 1. The molecule has 0 spiro atoms. The Kier molecular flexibility index (Phi) is 6.88. The molecule has 0 aromatic heterocycles. The van der Waals surface area contributed by atoms with Crippen LogP contribution in [0.4, 0.5) is 23.2 Å². The van der Waals surface area contributed by atoms with E-state index in [0.29, 0.717) is 19.2 Å². The zero-order valence-corrected chi connectivity index (χ0v) is 18.8. The number of piperidine rings is 1. The van der Waals surface area contributed by atoms with E-state index < -0.39 is 39.1 Å². The molecule has 1 fully saturated rings. The lowest BCUT2D eigenvalue weighted by atomic mass is 9.94. The molecule has 32 heavy (non-hydrogen) atoms. The number of carbonyl (C=O) groups is 1. The van der Waals surface area contributed by atoms with Crippen LogP contribution in [0.25, 0.3) is 0 Å². The summed E-state index contributed by atoms with van der Waals surface area (Å²) < 4.78 is 80.6. The van der Waals surface area contributed by atoms with E-state index in [9.17, 15) is 30.8 Å².